The molecule has 18 heavy (non-hydrogen) atoms. The molecule has 1 N–H and O–H groups in total. The standard InChI is InChI=1S/C15H18ClNS/c1-12(14-9-10-15(16)18-14)17-11-5-8-13-6-3-2-4-7-13/h2-4,6-7,9-10,12,17H,5,8,11H2,1H3. The van der Waals surface area contributed by atoms with Crippen LogP contribution in [0.2, 0.25) is 4.34 Å². The molecule has 0 radical (unpaired) electrons. The monoisotopic (exact) mass is 279 g/mol. The summed E-state index contributed by atoms with van der Waals surface area (Å²) >= 11 is 7.59. The fourth-order valence-corrected chi connectivity index (χ4v) is 3.01. The lowest BCUT2D eigenvalue weighted by Crippen LogP contribution is -2.19. The van der Waals surface area contributed by atoms with Crippen molar-refractivity contribution in [3.8, 4) is 0 Å². The Morgan fingerprint density at radius 1 is 1.17 bits per heavy atom. The molecule has 1 unspecified atom stereocenters. The van der Waals surface area contributed by atoms with Crippen molar-refractivity contribution in [3.05, 3.63) is 57.2 Å². The van der Waals surface area contributed by atoms with Crippen molar-refractivity contribution in [2.24, 2.45) is 0 Å². The second kappa shape index (κ2) is 6.93. The van der Waals surface area contributed by atoms with Crippen LogP contribution >= 0.6 is 22.9 Å². The van der Waals surface area contributed by atoms with E-state index in [-0.39, 0.29) is 0 Å². The molecule has 0 aliphatic rings. The van der Waals surface area contributed by atoms with Crippen LogP contribution in [0.4, 0.5) is 0 Å². The van der Waals surface area contributed by atoms with E-state index in [4.69, 9.17) is 11.6 Å². The van der Waals surface area contributed by atoms with Crippen LogP contribution in [-0.2, 0) is 6.42 Å². The van der Waals surface area contributed by atoms with Gasteiger partial charge in [0.15, 0.2) is 0 Å². The number of nitrogens with one attached hydrogen (secondary N) is 1. The predicted molar refractivity (Wildman–Crippen MR) is 80.5 cm³/mol. The zero-order valence-electron chi connectivity index (χ0n) is 10.5. The van der Waals surface area contributed by atoms with Gasteiger partial charge in [0.25, 0.3) is 0 Å². The maximum Gasteiger partial charge on any atom is 0.0931 e. The zero-order chi connectivity index (χ0) is 12.8. The van der Waals surface area contributed by atoms with Gasteiger partial charge in [-0.15, -0.1) is 11.3 Å². The summed E-state index contributed by atoms with van der Waals surface area (Å²) in [4.78, 5) is 1.31. The minimum atomic E-state index is 0.387. The highest BCUT2D eigenvalue weighted by molar-refractivity contribution is 7.16. The Kier molecular flexibility index (Phi) is 5.24. The van der Waals surface area contributed by atoms with Gasteiger partial charge in [-0.05, 0) is 44.0 Å². The van der Waals surface area contributed by atoms with Crippen LogP contribution in [0, 0.1) is 0 Å². The van der Waals surface area contributed by atoms with Crippen LogP contribution in [-0.4, -0.2) is 6.54 Å². The molecule has 0 amide bonds. The molecule has 0 saturated heterocycles. The number of hydrogen-bond donors (Lipinski definition) is 1. The molecule has 3 heteroatoms. The van der Waals surface area contributed by atoms with Crippen molar-refractivity contribution < 1.29 is 0 Å². The third kappa shape index (κ3) is 4.13. The van der Waals surface area contributed by atoms with Crippen LogP contribution in [0.1, 0.15) is 29.8 Å². The predicted octanol–water partition coefficient (Wildman–Crippen LogP) is 4.68. The van der Waals surface area contributed by atoms with Gasteiger partial charge in [0.1, 0.15) is 0 Å². The van der Waals surface area contributed by atoms with Crippen LogP contribution < -0.4 is 5.32 Å². The fourth-order valence-electron chi connectivity index (χ4n) is 1.92. The first-order chi connectivity index (χ1) is 8.75. The van der Waals surface area contributed by atoms with Crippen molar-refractivity contribution in [2.45, 2.75) is 25.8 Å². The lowest BCUT2D eigenvalue weighted by Gasteiger charge is -2.11. The van der Waals surface area contributed by atoms with E-state index >= 15 is 0 Å². The molecule has 1 aromatic carbocycles. The smallest absolute Gasteiger partial charge is 0.0931 e. The number of rotatable bonds is 6. The average Bonchev–Trinajstić information content (AvgIpc) is 2.82. The van der Waals surface area contributed by atoms with Gasteiger partial charge in [-0.1, -0.05) is 41.9 Å². The number of benzene rings is 1. The minimum Gasteiger partial charge on any atom is -0.309 e. The highest BCUT2D eigenvalue weighted by atomic mass is 35.5. The SMILES string of the molecule is CC(NCCCc1ccccc1)c1ccc(Cl)s1. The molecule has 2 rings (SSSR count). The fraction of sp³-hybridized carbons (Fsp3) is 0.333. The Balaban J connectivity index is 1.69. The third-order valence-corrected chi connectivity index (χ3v) is 4.37. The van der Waals surface area contributed by atoms with Gasteiger partial charge in [0, 0.05) is 10.9 Å². The maximum absolute atomic E-state index is 5.94. The summed E-state index contributed by atoms with van der Waals surface area (Å²) in [6, 6.07) is 15.1. The molecular formula is C15H18ClNS. The van der Waals surface area contributed by atoms with Gasteiger partial charge in [0.2, 0.25) is 0 Å². The van der Waals surface area contributed by atoms with E-state index in [1.54, 1.807) is 11.3 Å². The molecule has 0 spiro atoms. The normalized spacial score (nSPS) is 12.6. The molecule has 0 aliphatic heterocycles. The van der Waals surface area contributed by atoms with Crippen molar-refractivity contribution in [3.63, 3.8) is 0 Å². The first-order valence-electron chi connectivity index (χ1n) is 6.28. The summed E-state index contributed by atoms with van der Waals surface area (Å²) in [6.07, 6.45) is 2.29. The van der Waals surface area contributed by atoms with Gasteiger partial charge in [0.05, 0.1) is 4.34 Å². The lowest BCUT2D eigenvalue weighted by molar-refractivity contribution is 0.565. The molecule has 0 bridgehead atoms. The third-order valence-electron chi connectivity index (χ3n) is 2.96. The number of thiophene rings is 1. The molecule has 2 aromatic rings. The summed E-state index contributed by atoms with van der Waals surface area (Å²) < 4.78 is 0.864. The molecular weight excluding hydrogens is 262 g/mol. The van der Waals surface area contributed by atoms with Crippen molar-refractivity contribution in [1.29, 1.82) is 0 Å². The molecule has 1 atom stereocenters. The number of aryl methyl sites for hydroxylation is 1. The first kappa shape index (κ1) is 13.6. The Morgan fingerprint density at radius 2 is 1.94 bits per heavy atom. The minimum absolute atomic E-state index is 0.387. The Labute approximate surface area is 118 Å². The molecule has 96 valence electrons. The van der Waals surface area contributed by atoms with Crippen LogP contribution in [0.5, 0.6) is 0 Å². The Morgan fingerprint density at radius 3 is 2.61 bits per heavy atom. The Hall–Kier alpha value is -0.830. The van der Waals surface area contributed by atoms with Gasteiger partial charge in [-0.3, -0.25) is 0 Å². The summed E-state index contributed by atoms with van der Waals surface area (Å²) in [6.45, 7) is 3.22. The van der Waals surface area contributed by atoms with E-state index in [1.165, 1.54) is 10.4 Å². The quantitative estimate of drug-likeness (QED) is 0.757. The lowest BCUT2D eigenvalue weighted by atomic mass is 10.1. The maximum atomic E-state index is 5.94. The van der Waals surface area contributed by atoms with Crippen molar-refractivity contribution in [2.75, 3.05) is 6.54 Å². The van der Waals surface area contributed by atoms with Crippen molar-refractivity contribution >= 4 is 22.9 Å². The Bertz CT molecular complexity index is 466. The van der Waals surface area contributed by atoms with Crippen molar-refractivity contribution in [1.82, 2.24) is 5.32 Å². The first-order valence-corrected chi connectivity index (χ1v) is 7.47. The van der Waals surface area contributed by atoms with E-state index in [0.717, 1.165) is 23.7 Å². The van der Waals surface area contributed by atoms with E-state index in [9.17, 15) is 0 Å². The van der Waals surface area contributed by atoms with Gasteiger partial charge in [-0.25, -0.2) is 0 Å². The van der Waals surface area contributed by atoms with Crippen LogP contribution in [0.15, 0.2) is 42.5 Å². The van der Waals surface area contributed by atoms with Crippen LogP contribution in [0.25, 0.3) is 0 Å². The van der Waals surface area contributed by atoms with Gasteiger partial charge < -0.3 is 5.32 Å². The molecule has 1 nitrogen and oxygen atoms in total. The number of hydrogen-bond acceptors (Lipinski definition) is 2. The summed E-state index contributed by atoms with van der Waals surface area (Å²) in [5.41, 5.74) is 1.41. The molecule has 1 heterocycles. The largest absolute Gasteiger partial charge is 0.309 e. The topological polar surface area (TPSA) is 12.0 Å². The second-order valence-electron chi connectivity index (χ2n) is 4.41. The van der Waals surface area contributed by atoms with Gasteiger partial charge in [-0.2, -0.15) is 0 Å². The molecule has 0 aliphatic carbocycles. The summed E-state index contributed by atoms with van der Waals surface area (Å²) in [7, 11) is 0. The molecule has 0 saturated carbocycles. The van der Waals surface area contributed by atoms with Gasteiger partial charge >= 0.3 is 0 Å². The highest BCUT2D eigenvalue weighted by Crippen LogP contribution is 2.26. The van der Waals surface area contributed by atoms with E-state index in [2.05, 4.69) is 48.6 Å². The van der Waals surface area contributed by atoms with E-state index in [0.29, 0.717) is 6.04 Å². The zero-order valence-corrected chi connectivity index (χ0v) is 12.1. The highest BCUT2D eigenvalue weighted by Gasteiger charge is 2.06. The summed E-state index contributed by atoms with van der Waals surface area (Å²) in [5.74, 6) is 0. The number of halogens is 1. The second-order valence-corrected chi connectivity index (χ2v) is 6.15. The van der Waals surface area contributed by atoms with E-state index in [1.807, 2.05) is 6.07 Å². The molecule has 1 aromatic heterocycles. The summed E-state index contributed by atoms with van der Waals surface area (Å²) in [5, 5.41) is 3.53. The van der Waals surface area contributed by atoms with E-state index < -0.39 is 0 Å². The average molecular weight is 280 g/mol. The molecule has 0 fully saturated rings. The van der Waals surface area contributed by atoms with Crippen LogP contribution in [0.3, 0.4) is 0 Å².